The van der Waals surface area contributed by atoms with Gasteiger partial charge in [0.15, 0.2) is 24.1 Å². The summed E-state index contributed by atoms with van der Waals surface area (Å²) >= 11 is 0. The lowest BCUT2D eigenvalue weighted by Crippen LogP contribution is -2.66. The van der Waals surface area contributed by atoms with Crippen LogP contribution in [0.25, 0.3) is 0 Å². The van der Waals surface area contributed by atoms with Gasteiger partial charge < -0.3 is 24.1 Å². The van der Waals surface area contributed by atoms with Gasteiger partial charge in [0.1, 0.15) is 6.54 Å². The standard InChI is InChI=1S/C25H32N4O5/c30-23(28-22-14-26-9-10-27-22)16-29-11-6-18(7-12-29)21(15-29)34-24(31)25(32,20-8-13-33-17-20)19-4-2-1-3-5-19/h8-10,13-14,17-19,21,32H,1-7,11-12,15-16H2/p+1/t18?,21-,25?,29?/m0/s1. The number of hydrogen-bond donors (Lipinski definition) is 2. The van der Waals surface area contributed by atoms with E-state index in [-0.39, 0.29) is 23.8 Å². The summed E-state index contributed by atoms with van der Waals surface area (Å²) in [6.45, 7) is 2.63. The fourth-order valence-electron chi connectivity index (χ4n) is 6.18. The summed E-state index contributed by atoms with van der Waals surface area (Å²) in [5.41, 5.74) is -1.23. The van der Waals surface area contributed by atoms with Crippen LogP contribution < -0.4 is 5.32 Å². The number of fused-ring (bicyclic) bond motifs is 3. The summed E-state index contributed by atoms with van der Waals surface area (Å²) < 4.78 is 11.9. The molecule has 6 rings (SSSR count). The molecule has 0 radical (unpaired) electrons. The molecule has 1 saturated carbocycles. The molecule has 4 fully saturated rings. The lowest BCUT2D eigenvalue weighted by molar-refractivity contribution is -0.939. The van der Waals surface area contributed by atoms with Crippen molar-refractivity contribution >= 4 is 17.7 Å². The highest BCUT2D eigenvalue weighted by Gasteiger charge is 2.53. The van der Waals surface area contributed by atoms with Crippen LogP contribution in [0.15, 0.2) is 41.6 Å². The number of carbonyl (C=O) groups excluding carboxylic acids is 2. The quantitative estimate of drug-likeness (QED) is 0.473. The van der Waals surface area contributed by atoms with Gasteiger partial charge in [-0.1, -0.05) is 19.3 Å². The fourth-order valence-corrected chi connectivity index (χ4v) is 6.18. The molecule has 1 aliphatic carbocycles. The van der Waals surface area contributed by atoms with Crippen molar-refractivity contribution < 1.29 is 28.3 Å². The number of piperidine rings is 3. The number of ether oxygens (including phenoxy) is 1. The Morgan fingerprint density at radius 1 is 1.18 bits per heavy atom. The molecule has 2 bridgehead atoms. The zero-order valence-corrected chi connectivity index (χ0v) is 19.4. The Kier molecular flexibility index (Phi) is 6.40. The molecule has 3 saturated heterocycles. The zero-order valence-electron chi connectivity index (χ0n) is 19.4. The Morgan fingerprint density at radius 2 is 1.97 bits per heavy atom. The molecular formula is C25H33N4O5+. The number of hydrogen-bond acceptors (Lipinski definition) is 7. The van der Waals surface area contributed by atoms with E-state index >= 15 is 0 Å². The monoisotopic (exact) mass is 469 g/mol. The second-order valence-corrected chi connectivity index (χ2v) is 10.2. The van der Waals surface area contributed by atoms with Gasteiger partial charge in [-0.3, -0.25) is 9.78 Å². The van der Waals surface area contributed by atoms with Crippen molar-refractivity contribution in [3.63, 3.8) is 0 Å². The summed E-state index contributed by atoms with van der Waals surface area (Å²) in [4.78, 5) is 34.4. The van der Waals surface area contributed by atoms with E-state index in [2.05, 4.69) is 15.3 Å². The van der Waals surface area contributed by atoms with Crippen molar-refractivity contribution in [2.24, 2.45) is 11.8 Å². The SMILES string of the molecule is O=C(C[N+]12CCC(CC1)[C@@H](OC(=O)C(O)(c1ccoc1)C1CCCCC1)C2)Nc1cnccn1. The molecule has 34 heavy (non-hydrogen) atoms. The lowest BCUT2D eigenvalue weighted by atomic mass is 9.74. The van der Waals surface area contributed by atoms with Gasteiger partial charge in [0.2, 0.25) is 0 Å². The normalized spacial score (nSPS) is 28.7. The highest BCUT2D eigenvalue weighted by Crippen LogP contribution is 2.42. The number of carbonyl (C=O) groups is 2. The Morgan fingerprint density at radius 3 is 2.65 bits per heavy atom. The number of nitrogens with one attached hydrogen (secondary N) is 1. The van der Waals surface area contributed by atoms with Crippen molar-refractivity contribution in [2.75, 3.05) is 31.5 Å². The third-order valence-corrected chi connectivity index (χ3v) is 8.08. The van der Waals surface area contributed by atoms with Gasteiger partial charge in [0.25, 0.3) is 5.91 Å². The summed E-state index contributed by atoms with van der Waals surface area (Å²) in [5.74, 6) is -0.205. The van der Waals surface area contributed by atoms with E-state index in [1.165, 1.54) is 24.9 Å². The Labute approximate surface area is 199 Å². The fraction of sp³-hybridized carbons (Fsp3) is 0.600. The number of aromatic nitrogens is 2. The van der Waals surface area contributed by atoms with Gasteiger partial charge >= 0.3 is 5.97 Å². The maximum atomic E-state index is 13.6. The minimum absolute atomic E-state index is 0.122. The van der Waals surface area contributed by atoms with E-state index in [0.29, 0.717) is 29.0 Å². The first-order valence-electron chi connectivity index (χ1n) is 12.4. The number of esters is 1. The smallest absolute Gasteiger partial charge is 0.343 e. The number of aliphatic hydroxyl groups is 1. The van der Waals surface area contributed by atoms with Crippen LogP contribution in [0.2, 0.25) is 0 Å². The second kappa shape index (κ2) is 9.46. The summed E-state index contributed by atoms with van der Waals surface area (Å²) in [5, 5.41) is 14.5. The van der Waals surface area contributed by atoms with E-state index in [0.717, 1.165) is 58.0 Å². The van der Waals surface area contributed by atoms with Gasteiger partial charge in [-0.15, -0.1) is 0 Å². The number of furan rings is 1. The van der Waals surface area contributed by atoms with Crippen LogP contribution in [0.4, 0.5) is 5.82 Å². The molecule has 1 unspecified atom stereocenters. The van der Waals surface area contributed by atoms with Crippen molar-refractivity contribution in [1.82, 2.24) is 9.97 Å². The highest BCUT2D eigenvalue weighted by molar-refractivity contribution is 5.90. The van der Waals surface area contributed by atoms with Crippen LogP contribution in [0, 0.1) is 11.8 Å². The van der Waals surface area contributed by atoms with Crippen LogP contribution in [0.1, 0.15) is 50.5 Å². The molecule has 2 atom stereocenters. The predicted octanol–water partition coefficient (Wildman–Crippen LogP) is 2.63. The molecule has 9 nitrogen and oxygen atoms in total. The molecule has 2 aromatic heterocycles. The average molecular weight is 470 g/mol. The molecule has 0 aromatic carbocycles. The van der Waals surface area contributed by atoms with Crippen LogP contribution in [0.3, 0.4) is 0 Å². The van der Waals surface area contributed by atoms with Crippen LogP contribution >= 0.6 is 0 Å². The van der Waals surface area contributed by atoms with E-state index in [1.807, 2.05) is 0 Å². The van der Waals surface area contributed by atoms with Gasteiger partial charge in [-0.25, -0.2) is 9.78 Å². The number of anilines is 1. The molecule has 5 heterocycles. The van der Waals surface area contributed by atoms with Gasteiger partial charge in [-0.2, -0.15) is 0 Å². The molecule has 0 spiro atoms. The molecular weight excluding hydrogens is 436 g/mol. The Balaban J connectivity index is 1.29. The second-order valence-electron chi connectivity index (χ2n) is 10.2. The maximum absolute atomic E-state index is 13.6. The van der Waals surface area contributed by atoms with E-state index in [9.17, 15) is 14.7 Å². The molecule has 3 aliphatic heterocycles. The number of amides is 1. The summed E-state index contributed by atoms with van der Waals surface area (Å²) in [6, 6.07) is 1.66. The van der Waals surface area contributed by atoms with Crippen LogP contribution in [0.5, 0.6) is 0 Å². The van der Waals surface area contributed by atoms with Crippen molar-refractivity contribution in [3.05, 3.63) is 42.7 Å². The number of nitrogens with zero attached hydrogens (tertiary/aromatic N) is 3. The van der Waals surface area contributed by atoms with Crippen LogP contribution in [-0.4, -0.2) is 63.7 Å². The predicted molar refractivity (Wildman–Crippen MR) is 122 cm³/mol. The maximum Gasteiger partial charge on any atom is 0.343 e. The largest absolute Gasteiger partial charge is 0.472 e. The molecule has 1 amide bonds. The highest BCUT2D eigenvalue weighted by atomic mass is 16.6. The van der Waals surface area contributed by atoms with Crippen molar-refractivity contribution in [3.8, 4) is 0 Å². The summed E-state index contributed by atoms with van der Waals surface area (Å²) in [6.07, 6.45) is 13.7. The average Bonchev–Trinajstić information content (AvgIpc) is 3.40. The number of quaternary nitrogens is 1. The molecule has 4 aliphatic rings. The van der Waals surface area contributed by atoms with Gasteiger partial charge in [0, 0.05) is 42.6 Å². The third kappa shape index (κ3) is 4.46. The van der Waals surface area contributed by atoms with Gasteiger partial charge in [0.05, 0.1) is 31.8 Å². The van der Waals surface area contributed by atoms with Crippen LogP contribution in [-0.2, 0) is 19.9 Å². The first kappa shape index (κ1) is 23.0. The van der Waals surface area contributed by atoms with E-state index in [1.54, 1.807) is 12.3 Å². The van der Waals surface area contributed by atoms with E-state index < -0.39 is 11.6 Å². The topological polar surface area (TPSA) is 115 Å². The first-order chi connectivity index (χ1) is 16.5. The third-order valence-electron chi connectivity index (χ3n) is 8.08. The minimum Gasteiger partial charge on any atom is -0.472 e. The lowest BCUT2D eigenvalue weighted by Gasteiger charge is -2.52. The Hall–Kier alpha value is -2.78. The Bertz CT molecular complexity index is 984. The minimum atomic E-state index is -1.70. The van der Waals surface area contributed by atoms with Crippen molar-refractivity contribution in [1.29, 1.82) is 0 Å². The molecule has 2 N–H and O–H groups in total. The summed E-state index contributed by atoms with van der Waals surface area (Å²) in [7, 11) is 0. The first-order valence-corrected chi connectivity index (χ1v) is 12.4. The molecule has 2 aromatic rings. The number of rotatable bonds is 7. The molecule has 182 valence electrons. The molecule has 9 heteroatoms. The van der Waals surface area contributed by atoms with Crippen molar-refractivity contribution in [2.45, 2.75) is 56.7 Å². The van der Waals surface area contributed by atoms with E-state index in [4.69, 9.17) is 9.15 Å². The zero-order chi connectivity index (χ0) is 23.6. The van der Waals surface area contributed by atoms with Gasteiger partial charge in [-0.05, 0) is 18.9 Å².